The molecule has 112 valence electrons. The number of carbonyl (C=O) groups is 2. The standard InChI is InChI=1S/C15H17NO5/c1-21-13-7-6-9(8-12(13)17)16-14(18)10-4-2-3-5-11(10)15(19)20/h2-3,6-8,10-11,17H,4-5H2,1H3,(H,16,18)(H,19,20)/t10-,11-/m1/s1. The fourth-order valence-electron chi connectivity index (χ4n) is 2.38. The van der Waals surface area contributed by atoms with E-state index in [0.29, 0.717) is 24.3 Å². The summed E-state index contributed by atoms with van der Waals surface area (Å²) in [6.45, 7) is 0. The number of aromatic hydroxyl groups is 1. The maximum absolute atomic E-state index is 12.2. The van der Waals surface area contributed by atoms with E-state index >= 15 is 0 Å². The molecular formula is C15H17NO5. The van der Waals surface area contributed by atoms with Gasteiger partial charge in [-0.1, -0.05) is 12.2 Å². The molecular weight excluding hydrogens is 274 g/mol. The number of hydrogen-bond donors (Lipinski definition) is 3. The third-order valence-corrected chi connectivity index (χ3v) is 3.53. The number of carboxylic acids is 1. The monoisotopic (exact) mass is 291 g/mol. The number of rotatable bonds is 4. The van der Waals surface area contributed by atoms with Gasteiger partial charge >= 0.3 is 5.97 Å². The normalized spacial score (nSPS) is 20.8. The van der Waals surface area contributed by atoms with Crippen LogP contribution in [-0.4, -0.2) is 29.2 Å². The summed E-state index contributed by atoms with van der Waals surface area (Å²) in [4.78, 5) is 23.4. The molecule has 0 fully saturated rings. The first-order valence-corrected chi connectivity index (χ1v) is 6.58. The van der Waals surface area contributed by atoms with Gasteiger partial charge in [0.1, 0.15) is 0 Å². The van der Waals surface area contributed by atoms with Crippen molar-refractivity contribution in [1.29, 1.82) is 0 Å². The van der Waals surface area contributed by atoms with Crippen molar-refractivity contribution >= 4 is 17.6 Å². The maximum Gasteiger partial charge on any atom is 0.307 e. The Hall–Kier alpha value is -2.50. The Morgan fingerprint density at radius 3 is 2.48 bits per heavy atom. The van der Waals surface area contributed by atoms with Crippen molar-refractivity contribution in [2.75, 3.05) is 12.4 Å². The molecule has 0 aliphatic heterocycles. The van der Waals surface area contributed by atoms with Crippen molar-refractivity contribution in [3.63, 3.8) is 0 Å². The molecule has 3 N–H and O–H groups in total. The van der Waals surface area contributed by atoms with Gasteiger partial charge in [-0.2, -0.15) is 0 Å². The molecule has 6 nitrogen and oxygen atoms in total. The molecule has 0 aromatic heterocycles. The van der Waals surface area contributed by atoms with Crippen molar-refractivity contribution in [3.8, 4) is 11.5 Å². The Kier molecular flexibility index (Phi) is 4.47. The van der Waals surface area contributed by atoms with Crippen LogP contribution >= 0.6 is 0 Å². The van der Waals surface area contributed by atoms with E-state index in [9.17, 15) is 14.7 Å². The number of hydrogen-bond acceptors (Lipinski definition) is 4. The zero-order chi connectivity index (χ0) is 15.4. The molecule has 2 rings (SSSR count). The van der Waals surface area contributed by atoms with E-state index in [1.807, 2.05) is 6.08 Å². The topological polar surface area (TPSA) is 95.9 Å². The predicted molar refractivity (Wildman–Crippen MR) is 76.3 cm³/mol. The van der Waals surface area contributed by atoms with Gasteiger partial charge in [-0.3, -0.25) is 9.59 Å². The highest BCUT2D eigenvalue weighted by atomic mass is 16.5. The first-order chi connectivity index (χ1) is 10.0. The number of amides is 1. The maximum atomic E-state index is 12.2. The molecule has 1 aliphatic rings. The second kappa shape index (κ2) is 6.30. The minimum absolute atomic E-state index is 0.0892. The lowest BCUT2D eigenvalue weighted by Gasteiger charge is -2.24. The van der Waals surface area contributed by atoms with Crippen molar-refractivity contribution in [1.82, 2.24) is 0 Å². The van der Waals surface area contributed by atoms with Crippen LogP contribution in [0.15, 0.2) is 30.4 Å². The molecule has 0 heterocycles. The van der Waals surface area contributed by atoms with Gasteiger partial charge in [0.2, 0.25) is 5.91 Å². The summed E-state index contributed by atoms with van der Waals surface area (Å²) < 4.78 is 4.92. The number of benzene rings is 1. The molecule has 0 radical (unpaired) electrons. The van der Waals surface area contributed by atoms with Gasteiger partial charge in [0.25, 0.3) is 0 Å². The van der Waals surface area contributed by atoms with E-state index in [4.69, 9.17) is 9.84 Å². The summed E-state index contributed by atoms with van der Waals surface area (Å²) >= 11 is 0. The lowest BCUT2D eigenvalue weighted by Crippen LogP contribution is -2.34. The van der Waals surface area contributed by atoms with Gasteiger partial charge in [-0.05, 0) is 25.0 Å². The minimum atomic E-state index is -0.975. The summed E-state index contributed by atoms with van der Waals surface area (Å²) in [5, 5.41) is 21.5. The third kappa shape index (κ3) is 3.34. The number of methoxy groups -OCH3 is 1. The van der Waals surface area contributed by atoms with Crippen LogP contribution in [-0.2, 0) is 9.59 Å². The number of carboxylic acid groups (broad SMARTS) is 1. The van der Waals surface area contributed by atoms with E-state index < -0.39 is 17.8 Å². The predicted octanol–water partition coefficient (Wildman–Crippen LogP) is 2.01. The fourth-order valence-corrected chi connectivity index (χ4v) is 2.38. The molecule has 0 saturated carbocycles. The van der Waals surface area contributed by atoms with E-state index in [1.165, 1.54) is 19.2 Å². The Morgan fingerprint density at radius 1 is 1.24 bits per heavy atom. The summed E-state index contributed by atoms with van der Waals surface area (Å²) in [5.41, 5.74) is 0.400. The number of phenolic OH excluding ortho intramolecular Hbond substituents is 1. The van der Waals surface area contributed by atoms with Crippen molar-refractivity contribution in [2.45, 2.75) is 12.8 Å². The van der Waals surface area contributed by atoms with Crippen LogP contribution in [0.1, 0.15) is 12.8 Å². The van der Waals surface area contributed by atoms with E-state index in [1.54, 1.807) is 12.1 Å². The summed E-state index contributed by atoms with van der Waals surface area (Å²) in [5.74, 6) is -2.46. The van der Waals surface area contributed by atoms with Gasteiger partial charge in [0.05, 0.1) is 18.9 Å². The Bertz CT molecular complexity index is 581. The highest BCUT2D eigenvalue weighted by molar-refractivity contribution is 5.95. The zero-order valence-electron chi connectivity index (χ0n) is 11.6. The number of nitrogens with one attached hydrogen (secondary N) is 1. The first kappa shape index (κ1) is 14.9. The van der Waals surface area contributed by atoms with Crippen molar-refractivity contribution < 1.29 is 24.5 Å². The Balaban J connectivity index is 2.11. The van der Waals surface area contributed by atoms with Crippen LogP contribution in [0.25, 0.3) is 0 Å². The van der Waals surface area contributed by atoms with Crippen LogP contribution in [0.5, 0.6) is 11.5 Å². The molecule has 1 aliphatic carbocycles. The van der Waals surface area contributed by atoms with Gasteiger partial charge in [0, 0.05) is 11.8 Å². The molecule has 1 aromatic rings. The summed E-state index contributed by atoms with van der Waals surface area (Å²) in [6, 6.07) is 4.48. The molecule has 1 aromatic carbocycles. The Morgan fingerprint density at radius 2 is 1.90 bits per heavy atom. The van der Waals surface area contributed by atoms with E-state index in [-0.39, 0.29) is 11.7 Å². The molecule has 0 bridgehead atoms. The second-order valence-corrected chi connectivity index (χ2v) is 4.87. The largest absolute Gasteiger partial charge is 0.504 e. The number of anilines is 1. The van der Waals surface area contributed by atoms with Crippen molar-refractivity contribution in [3.05, 3.63) is 30.4 Å². The minimum Gasteiger partial charge on any atom is -0.504 e. The van der Waals surface area contributed by atoms with Crippen LogP contribution < -0.4 is 10.1 Å². The van der Waals surface area contributed by atoms with Crippen LogP contribution in [0.2, 0.25) is 0 Å². The molecule has 0 saturated heterocycles. The second-order valence-electron chi connectivity index (χ2n) is 4.87. The zero-order valence-corrected chi connectivity index (χ0v) is 11.6. The summed E-state index contributed by atoms with van der Waals surface area (Å²) in [6.07, 6.45) is 4.34. The van der Waals surface area contributed by atoms with Crippen LogP contribution in [0.3, 0.4) is 0 Å². The van der Waals surface area contributed by atoms with Gasteiger partial charge < -0.3 is 20.3 Å². The third-order valence-electron chi connectivity index (χ3n) is 3.53. The van der Waals surface area contributed by atoms with Gasteiger partial charge in [-0.15, -0.1) is 0 Å². The SMILES string of the molecule is COc1ccc(NC(=O)[C@@H]2CC=CC[C@H]2C(=O)O)cc1O. The molecule has 6 heteroatoms. The van der Waals surface area contributed by atoms with Crippen LogP contribution in [0, 0.1) is 11.8 Å². The van der Waals surface area contributed by atoms with Crippen LogP contribution in [0.4, 0.5) is 5.69 Å². The fraction of sp³-hybridized carbons (Fsp3) is 0.333. The number of ether oxygens (including phenoxy) is 1. The molecule has 2 atom stereocenters. The van der Waals surface area contributed by atoms with Crippen molar-refractivity contribution in [2.24, 2.45) is 11.8 Å². The Labute approximate surface area is 122 Å². The van der Waals surface area contributed by atoms with E-state index in [2.05, 4.69) is 5.32 Å². The molecule has 1 amide bonds. The summed E-state index contributed by atoms with van der Waals surface area (Å²) in [7, 11) is 1.43. The molecule has 21 heavy (non-hydrogen) atoms. The first-order valence-electron chi connectivity index (χ1n) is 6.58. The molecule has 0 unspecified atom stereocenters. The number of phenols is 1. The average Bonchev–Trinajstić information content (AvgIpc) is 2.47. The smallest absolute Gasteiger partial charge is 0.307 e. The number of allylic oxidation sites excluding steroid dienone is 2. The highest BCUT2D eigenvalue weighted by Gasteiger charge is 2.33. The van der Waals surface area contributed by atoms with Gasteiger partial charge in [0.15, 0.2) is 11.5 Å². The number of carbonyl (C=O) groups excluding carboxylic acids is 1. The van der Waals surface area contributed by atoms with E-state index in [0.717, 1.165) is 0 Å². The quantitative estimate of drug-likeness (QED) is 0.737. The van der Waals surface area contributed by atoms with Gasteiger partial charge in [-0.25, -0.2) is 0 Å². The average molecular weight is 291 g/mol. The highest BCUT2D eigenvalue weighted by Crippen LogP contribution is 2.30. The lowest BCUT2D eigenvalue weighted by molar-refractivity contribution is -0.146. The lowest BCUT2D eigenvalue weighted by atomic mass is 9.82. The molecule has 0 spiro atoms. The number of aliphatic carboxylic acids is 1.